The van der Waals surface area contributed by atoms with Crippen molar-refractivity contribution in [3.05, 3.63) is 23.7 Å². The number of rotatable bonds is 7. The molecule has 1 N–H and O–H groups in total. The number of carbonyl (C=O) groups excluding carboxylic acids is 1. The summed E-state index contributed by atoms with van der Waals surface area (Å²) in [6.45, 7) is 2.91. The van der Waals surface area contributed by atoms with Gasteiger partial charge in [0.2, 0.25) is 0 Å². The Hall–Kier alpha value is -1.29. The Balaban J connectivity index is 2.40. The number of hydrogen-bond donors (Lipinski definition) is 1. The third-order valence-electron chi connectivity index (χ3n) is 2.72. The molecule has 1 heterocycles. The van der Waals surface area contributed by atoms with Crippen molar-refractivity contribution in [1.82, 2.24) is 4.90 Å². The van der Waals surface area contributed by atoms with Crippen LogP contribution in [0, 0.1) is 0 Å². The fourth-order valence-corrected chi connectivity index (χ4v) is 1.61. The molecule has 0 atom stereocenters. The smallest absolute Gasteiger partial charge is 0.289 e. The van der Waals surface area contributed by atoms with Gasteiger partial charge in [-0.3, -0.25) is 4.79 Å². The molecule has 96 valence electrons. The van der Waals surface area contributed by atoms with Crippen LogP contribution in [0.5, 0.6) is 0 Å². The lowest BCUT2D eigenvalue weighted by molar-refractivity contribution is 0.0759. The molecule has 0 aromatic carbocycles. The lowest BCUT2D eigenvalue weighted by Crippen LogP contribution is -2.27. The molecule has 0 fully saturated rings. The largest absolute Gasteiger partial charge is 0.456 e. The first kappa shape index (κ1) is 13.8. The first-order valence-corrected chi connectivity index (χ1v) is 6.14. The van der Waals surface area contributed by atoms with Crippen LogP contribution in [0.15, 0.2) is 16.5 Å². The lowest BCUT2D eigenvalue weighted by atomic mass is 10.2. The molecule has 4 heteroatoms. The SMILES string of the molecule is CCc1ccc(C(=O)N(C)CCCCCO)o1. The standard InChI is InChI=1S/C13H21NO3/c1-3-11-7-8-12(17-11)13(16)14(2)9-5-4-6-10-15/h7-8,15H,3-6,9-10H2,1-2H3. The summed E-state index contributed by atoms with van der Waals surface area (Å²) in [7, 11) is 1.77. The maximum absolute atomic E-state index is 11.9. The molecule has 0 aliphatic carbocycles. The number of furan rings is 1. The molecular formula is C13H21NO3. The second-order valence-corrected chi connectivity index (χ2v) is 4.13. The number of unbranched alkanes of at least 4 members (excludes halogenated alkanes) is 2. The van der Waals surface area contributed by atoms with E-state index in [1.165, 1.54) is 0 Å². The van der Waals surface area contributed by atoms with E-state index in [1.807, 2.05) is 13.0 Å². The predicted octanol–water partition coefficient (Wildman–Crippen LogP) is 2.08. The van der Waals surface area contributed by atoms with Gasteiger partial charge in [-0.15, -0.1) is 0 Å². The minimum atomic E-state index is -0.0753. The van der Waals surface area contributed by atoms with Gasteiger partial charge in [0, 0.05) is 26.6 Å². The van der Waals surface area contributed by atoms with Crippen LogP contribution in [-0.4, -0.2) is 36.1 Å². The second-order valence-electron chi connectivity index (χ2n) is 4.13. The fourth-order valence-electron chi connectivity index (χ4n) is 1.61. The van der Waals surface area contributed by atoms with Crippen LogP contribution >= 0.6 is 0 Å². The van der Waals surface area contributed by atoms with Crippen molar-refractivity contribution in [2.24, 2.45) is 0 Å². The third-order valence-corrected chi connectivity index (χ3v) is 2.72. The summed E-state index contributed by atoms with van der Waals surface area (Å²) in [5.41, 5.74) is 0. The Morgan fingerprint density at radius 1 is 1.35 bits per heavy atom. The molecule has 0 aliphatic heterocycles. The summed E-state index contributed by atoms with van der Waals surface area (Å²) < 4.78 is 5.41. The summed E-state index contributed by atoms with van der Waals surface area (Å²) in [5.74, 6) is 1.17. The van der Waals surface area contributed by atoms with E-state index in [9.17, 15) is 4.79 Å². The normalized spacial score (nSPS) is 10.5. The van der Waals surface area contributed by atoms with E-state index >= 15 is 0 Å². The van der Waals surface area contributed by atoms with Crippen LogP contribution in [0.3, 0.4) is 0 Å². The number of amides is 1. The summed E-state index contributed by atoms with van der Waals surface area (Å²) in [5, 5.41) is 8.65. The molecule has 0 saturated carbocycles. The van der Waals surface area contributed by atoms with Gasteiger partial charge < -0.3 is 14.4 Å². The molecule has 0 spiro atoms. The van der Waals surface area contributed by atoms with Crippen molar-refractivity contribution >= 4 is 5.91 Å². The first-order chi connectivity index (χ1) is 8.19. The van der Waals surface area contributed by atoms with Crippen LogP contribution in [0.4, 0.5) is 0 Å². The average molecular weight is 239 g/mol. The van der Waals surface area contributed by atoms with E-state index in [0.29, 0.717) is 12.3 Å². The molecule has 0 aliphatic rings. The molecule has 17 heavy (non-hydrogen) atoms. The van der Waals surface area contributed by atoms with Crippen molar-refractivity contribution in [2.45, 2.75) is 32.6 Å². The fraction of sp³-hybridized carbons (Fsp3) is 0.615. The number of aliphatic hydroxyl groups is 1. The monoisotopic (exact) mass is 239 g/mol. The molecule has 1 amide bonds. The maximum Gasteiger partial charge on any atom is 0.289 e. The number of nitrogens with zero attached hydrogens (tertiary/aromatic N) is 1. The second kappa shape index (κ2) is 7.12. The van der Waals surface area contributed by atoms with Crippen molar-refractivity contribution in [3.8, 4) is 0 Å². The molecule has 0 saturated heterocycles. The van der Waals surface area contributed by atoms with Gasteiger partial charge in [-0.1, -0.05) is 6.92 Å². The molecule has 0 radical (unpaired) electrons. The minimum absolute atomic E-state index is 0.0753. The number of aryl methyl sites for hydroxylation is 1. The molecule has 1 rings (SSSR count). The summed E-state index contributed by atoms with van der Waals surface area (Å²) in [4.78, 5) is 13.6. The highest BCUT2D eigenvalue weighted by atomic mass is 16.4. The third kappa shape index (κ3) is 4.23. The van der Waals surface area contributed by atoms with E-state index in [-0.39, 0.29) is 12.5 Å². The lowest BCUT2D eigenvalue weighted by Gasteiger charge is -2.15. The Morgan fingerprint density at radius 3 is 2.71 bits per heavy atom. The molecule has 0 unspecified atom stereocenters. The predicted molar refractivity (Wildman–Crippen MR) is 66.0 cm³/mol. The molecule has 1 aromatic heterocycles. The Kier molecular flexibility index (Phi) is 5.77. The van der Waals surface area contributed by atoms with Crippen molar-refractivity contribution < 1.29 is 14.3 Å². The summed E-state index contributed by atoms with van der Waals surface area (Å²) >= 11 is 0. The quantitative estimate of drug-likeness (QED) is 0.741. The summed E-state index contributed by atoms with van der Waals surface area (Å²) in [6, 6.07) is 3.57. The van der Waals surface area contributed by atoms with E-state index in [4.69, 9.17) is 9.52 Å². The van der Waals surface area contributed by atoms with E-state index in [2.05, 4.69) is 0 Å². The molecule has 1 aromatic rings. The van der Waals surface area contributed by atoms with Crippen LogP contribution in [0.25, 0.3) is 0 Å². The Bertz CT molecular complexity index is 346. The van der Waals surface area contributed by atoms with E-state index < -0.39 is 0 Å². The Labute approximate surface area is 102 Å². The zero-order valence-electron chi connectivity index (χ0n) is 10.6. The van der Waals surface area contributed by atoms with Gasteiger partial charge in [0.25, 0.3) is 5.91 Å². The van der Waals surface area contributed by atoms with Crippen LogP contribution in [-0.2, 0) is 6.42 Å². The minimum Gasteiger partial charge on any atom is -0.456 e. The zero-order valence-corrected chi connectivity index (χ0v) is 10.6. The van der Waals surface area contributed by atoms with Gasteiger partial charge in [0.05, 0.1) is 0 Å². The van der Waals surface area contributed by atoms with Crippen molar-refractivity contribution in [1.29, 1.82) is 0 Å². The molecular weight excluding hydrogens is 218 g/mol. The van der Waals surface area contributed by atoms with Gasteiger partial charge >= 0.3 is 0 Å². The van der Waals surface area contributed by atoms with E-state index in [0.717, 1.165) is 31.4 Å². The highest BCUT2D eigenvalue weighted by molar-refractivity contribution is 5.91. The summed E-state index contributed by atoms with van der Waals surface area (Å²) in [6.07, 6.45) is 3.44. The van der Waals surface area contributed by atoms with Gasteiger partial charge in [-0.2, -0.15) is 0 Å². The first-order valence-electron chi connectivity index (χ1n) is 6.14. The average Bonchev–Trinajstić information content (AvgIpc) is 2.82. The van der Waals surface area contributed by atoms with Gasteiger partial charge in [-0.05, 0) is 31.4 Å². The Morgan fingerprint density at radius 2 is 2.12 bits per heavy atom. The van der Waals surface area contributed by atoms with Crippen LogP contribution < -0.4 is 0 Å². The van der Waals surface area contributed by atoms with Crippen LogP contribution in [0.2, 0.25) is 0 Å². The number of hydrogen-bond acceptors (Lipinski definition) is 3. The van der Waals surface area contributed by atoms with Gasteiger partial charge in [0.15, 0.2) is 5.76 Å². The number of carbonyl (C=O) groups is 1. The maximum atomic E-state index is 11.9. The van der Waals surface area contributed by atoms with Crippen LogP contribution in [0.1, 0.15) is 42.5 Å². The van der Waals surface area contributed by atoms with Crippen molar-refractivity contribution in [3.63, 3.8) is 0 Å². The molecule has 0 bridgehead atoms. The topological polar surface area (TPSA) is 53.7 Å². The highest BCUT2D eigenvalue weighted by Gasteiger charge is 2.14. The number of aliphatic hydroxyl groups excluding tert-OH is 1. The van der Waals surface area contributed by atoms with E-state index in [1.54, 1.807) is 18.0 Å². The molecule has 4 nitrogen and oxygen atoms in total. The van der Waals surface area contributed by atoms with Gasteiger partial charge in [-0.25, -0.2) is 0 Å². The van der Waals surface area contributed by atoms with Gasteiger partial charge in [0.1, 0.15) is 5.76 Å². The zero-order chi connectivity index (χ0) is 12.7. The van der Waals surface area contributed by atoms with Crippen molar-refractivity contribution in [2.75, 3.05) is 20.2 Å². The highest BCUT2D eigenvalue weighted by Crippen LogP contribution is 2.11.